The number of ketones is 1. The van der Waals surface area contributed by atoms with Crippen LogP contribution in [0.15, 0.2) is 41.2 Å². The van der Waals surface area contributed by atoms with E-state index in [2.05, 4.69) is 11.3 Å². The Kier molecular flexibility index (Phi) is 16.6. The fraction of sp³-hybridized carbons (Fsp3) is 0.667. The van der Waals surface area contributed by atoms with Crippen molar-refractivity contribution >= 4 is 5.78 Å². The molecule has 0 amide bonds. The zero-order valence-electron chi connectivity index (χ0n) is 16.7. The third-order valence-corrected chi connectivity index (χ3v) is 4.23. The minimum atomic E-state index is -1.84. The van der Waals surface area contributed by atoms with Crippen LogP contribution in [0.4, 0.5) is 0 Å². The number of furan rings is 1. The van der Waals surface area contributed by atoms with E-state index in [4.69, 9.17) is 5.11 Å². The van der Waals surface area contributed by atoms with Crippen molar-refractivity contribution in [1.29, 1.82) is 0 Å². The Bertz CT molecular complexity index is 470. The van der Waals surface area contributed by atoms with E-state index in [1.807, 2.05) is 12.1 Å². The minimum Gasteiger partial charge on any atom is -0.473 e. The Hall–Kier alpha value is -1.51. The van der Waals surface area contributed by atoms with Crippen molar-refractivity contribution in [3.05, 3.63) is 36.8 Å². The zero-order chi connectivity index (χ0) is 21.2. The normalized spacial score (nSPS) is 15.5. The highest BCUT2D eigenvalue weighted by Gasteiger charge is 2.32. The van der Waals surface area contributed by atoms with E-state index in [1.54, 1.807) is 18.6 Å². The highest BCUT2D eigenvalue weighted by Crippen LogP contribution is 2.10. The van der Waals surface area contributed by atoms with Crippen LogP contribution in [0.2, 0.25) is 0 Å². The van der Waals surface area contributed by atoms with Gasteiger partial charge in [-0.05, 0) is 31.1 Å². The molecule has 0 aliphatic heterocycles. The highest BCUT2D eigenvalue weighted by atomic mass is 16.4. The molecule has 1 aromatic heterocycles. The molecule has 1 heterocycles. The second-order valence-corrected chi connectivity index (χ2v) is 6.68. The lowest BCUT2D eigenvalue weighted by Gasteiger charge is -2.24. The summed E-state index contributed by atoms with van der Waals surface area (Å²) in [7, 11) is 0. The fourth-order valence-electron chi connectivity index (χ4n) is 2.43. The van der Waals surface area contributed by atoms with Crippen molar-refractivity contribution in [2.45, 2.75) is 82.7 Å². The van der Waals surface area contributed by atoms with Crippen LogP contribution >= 0.6 is 0 Å². The van der Waals surface area contributed by atoms with Crippen LogP contribution < -0.4 is 0 Å². The number of unbranched alkanes of at least 4 members (excludes halogenated alkanes) is 7. The van der Waals surface area contributed by atoms with E-state index in [0.29, 0.717) is 6.42 Å². The number of allylic oxidation sites excluding steroid dienone is 1. The molecule has 0 saturated carbocycles. The maximum atomic E-state index is 11.7. The van der Waals surface area contributed by atoms with Gasteiger partial charge < -0.3 is 29.9 Å². The number of carbonyl (C=O) groups excluding carboxylic acids is 1. The molecular formula is C21H36O7. The molecule has 162 valence electrons. The molecular weight excluding hydrogens is 364 g/mol. The third kappa shape index (κ3) is 12.8. The van der Waals surface area contributed by atoms with Crippen molar-refractivity contribution in [2.75, 3.05) is 6.61 Å². The molecule has 0 radical (unpaired) electrons. The van der Waals surface area contributed by atoms with Crippen molar-refractivity contribution < 1.29 is 34.7 Å². The van der Waals surface area contributed by atoms with Gasteiger partial charge in [0.1, 0.15) is 24.4 Å². The molecule has 0 aliphatic carbocycles. The lowest BCUT2D eigenvalue weighted by Crippen LogP contribution is -2.48. The molecule has 1 aromatic rings. The maximum absolute atomic E-state index is 11.7. The summed E-state index contributed by atoms with van der Waals surface area (Å²) in [6.45, 7) is 1.41. The smallest absolute Gasteiger partial charge is 0.186 e. The van der Waals surface area contributed by atoms with E-state index in [9.17, 15) is 25.2 Å². The average molecular weight is 401 g/mol. The first-order valence-corrected chi connectivity index (χ1v) is 9.96. The Morgan fingerprint density at radius 3 is 2.00 bits per heavy atom. The minimum absolute atomic E-state index is 0.712. The maximum Gasteiger partial charge on any atom is 0.186 e. The van der Waals surface area contributed by atoms with Crippen LogP contribution in [0.3, 0.4) is 0 Å². The first-order valence-electron chi connectivity index (χ1n) is 9.96. The quantitative estimate of drug-likeness (QED) is 0.238. The average Bonchev–Trinajstić information content (AvgIpc) is 3.30. The van der Waals surface area contributed by atoms with Crippen LogP contribution in [0.5, 0.6) is 0 Å². The van der Waals surface area contributed by atoms with Crippen molar-refractivity contribution in [3.8, 4) is 0 Å². The van der Waals surface area contributed by atoms with E-state index >= 15 is 0 Å². The molecule has 0 aliphatic rings. The van der Waals surface area contributed by atoms with Crippen molar-refractivity contribution in [3.63, 3.8) is 0 Å². The summed E-state index contributed by atoms with van der Waals surface area (Å²) in [5.41, 5.74) is 0. The molecule has 1 rings (SSSR count). The number of aliphatic hydroxyl groups excluding tert-OH is 5. The number of aliphatic hydroxyl groups is 5. The summed E-state index contributed by atoms with van der Waals surface area (Å²) in [6, 6.07) is 3.67. The number of rotatable bonds is 14. The molecule has 0 saturated heterocycles. The fourth-order valence-corrected chi connectivity index (χ4v) is 2.43. The highest BCUT2D eigenvalue weighted by molar-refractivity contribution is 5.93. The second-order valence-electron chi connectivity index (χ2n) is 6.68. The summed E-state index contributed by atoms with van der Waals surface area (Å²) < 4.78 is 4.58. The van der Waals surface area contributed by atoms with E-state index in [0.717, 1.165) is 12.8 Å². The Balaban J connectivity index is 0.00000125. The molecule has 4 unspecified atom stereocenters. The van der Waals surface area contributed by atoms with Crippen LogP contribution in [-0.4, -0.2) is 62.3 Å². The molecule has 5 N–H and O–H groups in total. The largest absolute Gasteiger partial charge is 0.473 e. The van der Waals surface area contributed by atoms with Crippen LogP contribution in [0, 0.1) is 0 Å². The summed E-state index contributed by atoms with van der Waals surface area (Å²) >= 11 is 0. The van der Waals surface area contributed by atoms with Crippen LogP contribution in [-0.2, 0) is 4.79 Å². The third-order valence-electron chi connectivity index (χ3n) is 4.23. The SMILES string of the molecule is CCCCCCCCCC=CC(=O)C(O)C(O)C(O)C(O)CO.c1ccoc1. The first-order chi connectivity index (χ1) is 13.5. The first kappa shape index (κ1) is 26.5. The van der Waals surface area contributed by atoms with Gasteiger partial charge in [-0.1, -0.05) is 51.5 Å². The lowest BCUT2D eigenvalue weighted by molar-refractivity contribution is -0.142. The summed E-state index contributed by atoms with van der Waals surface area (Å²) in [5.74, 6) is -0.732. The molecule has 28 heavy (non-hydrogen) atoms. The number of hydrogen-bond donors (Lipinski definition) is 5. The predicted molar refractivity (Wildman–Crippen MR) is 107 cm³/mol. The number of hydrogen-bond acceptors (Lipinski definition) is 7. The molecule has 7 nitrogen and oxygen atoms in total. The van der Waals surface area contributed by atoms with Gasteiger partial charge in [-0.2, -0.15) is 0 Å². The van der Waals surface area contributed by atoms with Gasteiger partial charge in [0.25, 0.3) is 0 Å². The van der Waals surface area contributed by atoms with Gasteiger partial charge in [0.05, 0.1) is 19.1 Å². The molecule has 0 fully saturated rings. The molecule has 0 bridgehead atoms. The second kappa shape index (κ2) is 17.6. The van der Waals surface area contributed by atoms with Gasteiger partial charge in [0.2, 0.25) is 0 Å². The Morgan fingerprint density at radius 1 is 0.929 bits per heavy atom. The standard InChI is InChI=1S/C17H32O6.C4H4O/c1-2-3-4-5-6-7-8-9-10-11-13(19)15(21)17(23)16(22)14(20)12-18;1-2-4-5-3-1/h10-11,14-18,20-23H,2-9,12H2,1H3;1-4H. The summed E-state index contributed by atoms with van der Waals surface area (Å²) in [4.78, 5) is 11.7. The zero-order valence-corrected chi connectivity index (χ0v) is 16.7. The monoisotopic (exact) mass is 400 g/mol. The number of carbonyl (C=O) groups is 1. The van der Waals surface area contributed by atoms with Gasteiger partial charge in [0, 0.05) is 0 Å². The van der Waals surface area contributed by atoms with Gasteiger partial charge in [-0.3, -0.25) is 4.79 Å². The molecule has 0 spiro atoms. The Labute approximate surface area is 167 Å². The van der Waals surface area contributed by atoms with Crippen LogP contribution in [0.25, 0.3) is 0 Å². The van der Waals surface area contributed by atoms with E-state index in [1.165, 1.54) is 38.2 Å². The summed E-state index contributed by atoms with van der Waals surface area (Å²) in [5, 5.41) is 46.5. The van der Waals surface area contributed by atoms with E-state index < -0.39 is 36.8 Å². The molecule has 7 heteroatoms. The van der Waals surface area contributed by atoms with Gasteiger partial charge in [-0.25, -0.2) is 0 Å². The van der Waals surface area contributed by atoms with Crippen molar-refractivity contribution in [1.82, 2.24) is 0 Å². The van der Waals surface area contributed by atoms with Crippen LogP contribution in [0.1, 0.15) is 58.3 Å². The Morgan fingerprint density at radius 2 is 1.50 bits per heavy atom. The van der Waals surface area contributed by atoms with Gasteiger partial charge >= 0.3 is 0 Å². The van der Waals surface area contributed by atoms with Gasteiger partial charge in [0.15, 0.2) is 5.78 Å². The summed E-state index contributed by atoms with van der Waals surface area (Å²) in [6.07, 6.45) is 7.94. The van der Waals surface area contributed by atoms with Gasteiger partial charge in [-0.15, -0.1) is 0 Å². The van der Waals surface area contributed by atoms with E-state index in [-0.39, 0.29) is 0 Å². The topological polar surface area (TPSA) is 131 Å². The molecule has 4 atom stereocenters. The molecule has 0 aromatic carbocycles. The lowest BCUT2D eigenvalue weighted by atomic mass is 10.00. The van der Waals surface area contributed by atoms with Crippen molar-refractivity contribution in [2.24, 2.45) is 0 Å². The predicted octanol–water partition coefficient (Wildman–Crippen LogP) is 1.97.